The normalized spacial score (nSPS) is 10.7. The van der Waals surface area contributed by atoms with Gasteiger partial charge in [-0.05, 0) is 48.0 Å². The lowest BCUT2D eigenvalue weighted by molar-refractivity contribution is -0.384. The van der Waals surface area contributed by atoms with E-state index in [1.807, 2.05) is 6.07 Å². The van der Waals surface area contributed by atoms with E-state index in [0.29, 0.717) is 16.9 Å². The standard InChI is InChI=1S/C24H17N3O6/c25-14-19(23(28)26-20-6-3-5-18(13-20)24(29)30)12-17-4-1-2-7-22(17)33-15-16-8-10-21(11-9-16)27(31)32/h1-13H,15H2,(H,26,28)(H,29,30)/b19-12-. The van der Waals surface area contributed by atoms with Gasteiger partial charge in [-0.15, -0.1) is 0 Å². The first-order chi connectivity index (χ1) is 15.9. The largest absolute Gasteiger partial charge is 0.488 e. The summed E-state index contributed by atoms with van der Waals surface area (Å²) < 4.78 is 5.79. The maximum absolute atomic E-state index is 12.6. The van der Waals surface area contributed by atoms with Gasteiger partial charge in [0.2, 0.25) is 0 Å². The Hall–Kier alpha value is -4.97. The topological polar surface area (TPSA) is 143 Å². The number of nitro benzene ring substituents is 1. The fraction of sp³-hybridized carbons (Fsp3) is 0.0417. The zero-order valence-corrected chi connectivity index (χ0v) is 17.1. The summed E-state index contributed by atoms with van der Waals surface area (Å²) in [5, 5.41) is 31.8. The van der Waals surface area contributed by atoms with Crippen molar-refractivity contribution in [2.24, 2.45) is 0 Å². The number of carboxylic acid groups (broad SMARTS) is 1. The van der Waals surface area contributed by atoms with E-state index in [4.69, 9.17) is 9.84 Å². The van der Waals surface area contributed by atoms with Crippen LogP contribution in [0.15, 0.2) is 78.4 Å². The molecule has 0 aliphatic heterocycles. The Balaban J connectivity index is 1.76. The summed E-state index contributed by atoms with van der Waals surface area (Å²) in [5.74, 6) is -1.43. The Morgan fingerprint density at radius 2 is 1.82 bits per heavy atom. The monoisotopic (exact) mass is 443 g/mol. The second kappa shape index (κ2) is 10.4. The molecule has 0 fully saturated rings. The van der Waals surface area contributed by atoms with Crippen molar-refractivity contribution in [1.82, 2.24) is 0 Å². The molecule has 0 aliphatic rings. The van der Waals surface area contributed by atoms with Crippen molar-refractivity contribution in [2.75, 3.05) is 5.32 Å². The highest BCUT2D eigenvalue weighted by atomic mass is 16.6. The molecule has 2 N–H and O–H groups in total. The third kappa shape index (κ3) is 6.02. The van der Waals surface area contributed by atoms with Crippen molar-refractivity contribution in [3.63, 3.8) is 0 Å². The van der Waals surface area contributed by atoms with Gasteiger partial charge in [0.1, 0.15) is 24.0 Å². The summed E-state index contributed by atoms with van der Waals surface area (Å²) in [6.45, 7) is 0.124. The molecule has 0 heterocycles. The molecular formula is C24H17N3O6. The number of carboxylic acids is 1. The Morgan fingerprint density at radius 3 is 2.48 bits per heavy atom. The van der Waals surface area contributed by atoms with Crippen LogP contribution in [0.5, 0.6) is 5.75 Å². The van der Waals surface area contributed by atoms with Crippen LogP contribution in [0, 0.1) is 21.4 Å². The molecule has 3 rings (SSSR count). The molecule has 3 aromatic rings. The van der Waals surface area contributed by atoms with Crippen LogP contribution >= 0.6 is 0 Å². The van der Waals surface area contributed by atoms with Crippen molar-refractivity contribution in [3.8, 4) is 11.8 Å². The van der Waals surface area contributed by atoms with E-state index in [2.05, 4.69) is 5.32 Å². The van der Waals surface area contributed by atoms with E-state index in [1.165, 1.54) is 42.5 Å². The zero-order chi connectivity index (χ0) is 23.8. The molecule has 0 unspecified atom stereocenters. The lowest BCUT2D eigenvalue weighted by Gasteiger charge is -2.10. The van der Waals surface area contributed by atoms with Crippen LogP contribution < -0.4 is 10.1 Å². The van der Waals surface area contributed by atoms with Gasteiger partial charge in [0.05, 0.1) is 10.5 Å². The van der Waals surface area contributed by atoms with Gasteiger partial charge in [0.15, 0.2) is 0 Å². The maximum Gasteiger partial charge on any atom is 0.335 e. The minimum absolute atomic E-state index is 0.000256. The van der Waals surface area contributed by atoms with E-state index in [9.17, 15) is 25.0 Å². The van der Waals surface area contributed by atoms with Gasteiger partial charge in [0, 0.05) is 23.4 Å². The first-order valence-electron chi connectivity index (χ1n) is 9.59. The van der Waals surface area contributed by atoms with Crippen LogP contribution in [0.4, 0.5) is 11.4 Å². The number of aromatic carboxylic acids is 1. The summed E-state index contributed by atoms with van der Waals surface area (Å²) >= 11 is 0. The fourth-order valence-corrected chi connectivity index (χ4v) is 2.84. The van der Waals surface area contributed by atoms with Crippen molar-refractivity contribution in [1.29, 1.82) is 5.26 Å². The van der Waals surface area contributed by atoms with Crippen molar-refractivity contribution < 1.29 is 24.4 Å². The van der Waals surface area contributed by atoms with Gasteiger partial charge in [-0.25, -0.2) is 4.79 Å². The number of non-ortho nitro benzene ring substituents is 1. The highest BCUT2D eigenvalue weighted by molar-refractivity contribution is 6.10. The molecule has 9 heteroatoms. The second-order valence-electron chi connectivity index (χ2n) is 6.76. The number of amides is 1. The maximum atomic E-state index is 12.6. The van der Waals surface area contributed by atoms with E-state index < -0.39 is 16.8 Å². The number of nitrogens with zero attached hydrogens (tertiary/aromatic N) is 2. The number of carbonyl (C=O) groups excluding carboxylic acids is 1. The third-order valence-corrected chi connectivity index (χ3v) is 4.49. The molecule has 0 bridgehead atoms. The van der Waals surface area contributed by atoms with Gasteiger partial charge in [-0.3, -0.25) is 14.9 Å². The second-order valence-corrected chi connectivity index (χ2v) is 6.76. The number of nitro groups is 1. The number of rotatable bonds is 8. The summed E-state index contributed by atoms with van der Waals surface area (Å²) in [6.07, 6.45) is 1.36. The number of ether oxygens (including phenoxy) is 1. The smallest absolute Gasteiger partial charge is 0.335 e. The molecule has 0 radical (unpaired) electrons. The summed E-state index contributed by atoms with van der Waals surface area (Å²) in [5.41, 5.74) is 1.19. The van der Waals surface area contributed by atoms with Gasteiger partial charge in [0.25, 0.3) is 11.6 Å². The number of hydrogen-bond acceptors (Lipinski definition) is 6. The molecule has 3 aromatic carbocycles. The van der Waals surface area contributed by atoms with Crippen molar-refractivity contribution in [3.05, 3.63) is 105 Å². The Bertz CT molecular complexity index is 1280. The van der Waals surface area contributed by atoms with Crippen LogP contribution in [-0.4, -0.2) is 21.9 Å². The van der Waals surface area contributed by atoms with E-state index >= 15 is 0 Å². The van der Waals surface area contributed by atoms with Crippen LogP contribution in [0.25, 0.3) is 6.08 Å². The minimum atomic E-state index is -1.14. The summed E-state index contributed by atoms with van der Waals surface area (Å²) in [4.78, 5) is 33.9. The number of anilines is 1. The SMILES string of the molecule is N#C/C(=C/c1ccccc1OCc1ccc([N+](=O)[O-])cc1)C(=O)Nc1cccc(C(=O)O)c1. The third-order valence-electron chi connectivity index (χ3n) is 4.49. The number of nitrogens with one attached hydrogen (secondary N) is 1. The van der Waals surface area contributed by atoms with Gasteiger partial charge < -0.3 is 15.2 Å². The lowest BCUT2D eigenvalue weighted by Crippen LogP contribution is -2.14. The van der Waals surface area contributed by atoms with Gasteiger partial charge in [-0.2, -0.15) is 5.26 Å². The van der Waals surface area contributed by atoms with Crippen LogP contribution in [0.3, 0.4) is 0 Å². The van der Waals surface area contributed by atoms with Crippen LogP contribution in [-0.2, 0) is 11.4 Å². The molecule has 0 saturated carbocycles. The van der Waals surface area contributed by atoms with Crippen molar-refractivity contribution >= 4 is 29.3 Å². The molecular weight excluding hydrogens is 426 g/mol. The van der Waals surface area contributed by atoms with E-state index in [1.54, 1.807) is 36.4 Å². The van der Waals surface area contributed by atoms with Crippen LogP contribution in [0.1, 0.15) is 21.5 Å². The van der Waals surface area contributed by atoms with Gasteiger partial charge in [-0.1, -0.05) is 24.3 Å². The Morgan fingerprint density at radius 1 is 1.09 bits per heavy atom. The molecule has 0 aromatic heterocycles. The molecule has 164 valence electrons. The molecule has 0 saturated heterocycles. The van der Waals surface area contributed by atoms with Crippen molar-refractivity contribution in [2.45, 2.75) is 6.61 Å². The molecule has 0 spiro atoms. The first-order valence-corrected chi connectivity index (χ1v) is 9.59. The predicted molar refractivity (Wildman–Crippen MR) is 119 cm³/mol. The van der Waals surface area contributed by atoms with E-state index in [-0.39, 0.29) is 29.1 Å². The summed E-state index contributed by atoms with van der Waals surface area (Å²) in [7, 11) is 0. The quantitative estimate of drug-likeness (QED) is 0.227. The van der Waals surface area contributed by atoms with Crippen LogP contribution in [0.2, 0.25) is 0 Å². The predicted octanol–water partition coefficient (Wildman–Crippen LogP) is 4.42. The summed E-state index contributed by atoms with van der Waals surface area (Å²) in [6, 6.07) is 20.2. The number of nitriles is 1. The first kappa shape index (κ1) is 22.7. The number of benzene rings is 3. The molecule has 0 atom stereocenters. The van der Waals surface area contributed by atoms with Gasteiger partial charge >= 0.3 is 5.97 Å². The Labute approximate surface area is 188 Å². The average molecular weight is 443 g/mol. The number of carbonyl (C=O) groups is 2. The molecule has 1 amide bonds. The zero-order valence-electron chi connectivity index (χ0n) is 17.1. The highest BCUT2D eigenvalue weighted by Crippen LogP contribution is 2.23. The molecule has 9 nitrogen and oxygen atoms in total. The lowest BCUT2D eigenvalue weighted by atomic mass is 10.1. The van der Waals surface area contributed by atoms with E-state index in [0.717, 1.165) is 0 Å². The number of para-hydroxylation sites is 1. The Kier molecular flexibility index (Phi) is 7.13. The molecule has 0 aliphatic carbocycles. The molecule has 33 heavy (non-hydrogen) atoms. The highest BCUT2D eigenvalue weighted by Gasteiger charge is 2.13. The minimum Gasteiger partial charge on any atom is -0.488 e. The number of hydrogen-bond donors (Lipinski definition) is 2. The fourth-order valence-electron chi connectivity index (χ4n) is 2.84. The average Bonchev–Trinajstić information content (AvgIpc) is 2.82.